The average Bonchev–Trinajstić information content (AvgIpc) is 2.29. The molecule has 0 aliphatic carbocycles. The van der Waals surface area contributed by atoms with E-state index in [-0.39, 0.29) is 0 Å². The van der Waals surface area contributed by atoms with Gasteiger partial charge in [0.15, 0.2) is 11.1 Å². The normalized spacial score (nSPS) is 12.4. The Kier molecular flexibility index (Phi) is 5.49. The molecule has 16 heavy (non-hydrogen) atoms. The topological polar surface area (TPSA) is 40.5 Å². The van der Waals surface area contributed by atoms with Gasteiger partial charge in [-0.25, -0.2) is 4.21 Å². The van der Waals surface area contributed by atoms with Crippen LogP contribution in [0.3, 0.4) is 0 Å². The zero-order valence-corrected chi connectivity index (χ0v) is 10.7. The highest BCUT2D eigenvalue weighted by atomic mass is 32.2. The van der Waals surface area contributed by atoms with E-state index in [9.17, 15) is 4.21 Å². The zero-order valence-electron chi connectivity index (χ0n) is 9.85. The maximum absolute atomic E-state index is 10.8. The molecule has 0 heterocycles. The van der Waals surface area contributed by atoms with Crippen molar-refractivity contribution >= 4 is 16.8 Å². The fourth-order valence-corrected chi connectivity index (χ4v) is 2.05. The van der Waals surface area contributed by atoms with Crippen molar-refractivity contribution in [1.82, 2.24) is 0 Å². The number of benzene rings is 1. The van der Waals surface area contributed by atoms with Gasteiger partial charge in [-0.05, 0) is 37.1 Å². The van der Waals surface area contributed by atoms with Gasteiger partial charge in [-0.2, -0.15) is 0 Å². The highest BCUT2D eigenvalue weighted by Crippen LogP contribution is 2.17. The minimum absolute atomic E-state index is 0.455. The molecule has 1 atom stereocenters. The van der Waals surface area contributed by atoms with Crippen LogP contribution in [0.25, 0.3) is 0 Å². The second kappa shape index (κ2) is 6.66. The van der Waals surface area contributed by atoms with Gasteiger partial charge in [-0.3, -0.25) is 0 Å². The van der Waals surface area contributed by atoms with Gasteiger partial charge < -0.3 is 9.45 Å². The molecule has 90 valence electrons. The first kappa shape index (κ1) is 13.2. The van der Waals surface area contributed by atoms with Crippen molar-refractivity contribution in [2.45, 2.75) is 31.6 Å². The van der Waals surface area contributed by atoms with Crippen LogP contribution >= 0.6 is 0 Å². The molecule has 1 aromatic carbocycles. The Morgan fingerprint density at radius 3 is 2.00 bits per heavy atom. The summed E-state index contributed by atoms with van der Waals surface area (Å²) in [5.41, 5.74) is 1.12. The molecule has 1 rings (SSSR count). The van der Waals surface area contributed by atoms with Crippen LogP contribution in [0.2, 0.25) is 0 Å². The average molecular weight is 241 g/mol. The number of hydrogen-bond donors (Lipinski definition) is 1. The molecule has 0 amide bonds. The number of hydrogen-bond acceptors (Lipinski definition) is 2. The van der Waals surface area contributed by atoms with Crippen molar-refractivity contribution in [3.8, 4) is 0 Å². The van der Waals surface area contributed by atoms with E-state index in [0.29, 0.717) is 4.90 Å². The zero-order chi connectivity index (χ0) is 12.0. The predicted octanol–water partition coefficient (Wildman–Crippen LogP) is 2.89. The first-order chi connectivity index (χ1) is 7.69. The van der Waals surface area contributed by atoms with Crippen LogP contribution in [-0.2, 0) is 11.1 Å². The fraction of sp³-hybridized carbons (Fsp3) is 0.500. The molecule has 0 spiro atoms. The molecule has 0 aliphatic rings. The van der Waals surface area contributed by atoms with E-state index in [2.05, 4.69) is 18.7 Å². The van der Waals surface area contributed by atoms with Gasteiger partial charge in [0.25, 0.3) is 0 Å². The smallest absolute Gasteiger partial charge is 0.186 e. The summed E-state index contributed by atoms with van der Waals surface area (Å²) in [5.74, 6) is 0. The Morgan fingerprint density at radius 1 is 1.12 bits per heavy atom. The minimum Gasteiger partial charge on any atom is -0.372 e. The van der Waals surface area contributed by atoms with Crippen LogP contribution in [0.4, 0.5) is 5.69 Å². The van der Waals surface area contributed by atoms with Gasteiger partial charge in [0.2, 0.25) is 0 Å². The maximum Gasteiger partial charge on any atom is 0.186 e. The number of anilines is 1. The molecular formula is C12H19NO2S. The first-order valence-electron chi connectivity index (χ1n) is 5.65. The Labute approximate surface area is 99.8 Å². The lowest BCUT2D eigenvalue weighted by Gasteiger charge is -2.23. The van der Waals surface area contributed by atoms with Crippen molar-refractivity contribution in [2.24, 2.45) is 0 Å². The molecule has 1 N–H and O–H groups in total. The quantitative estimate of drug-likeness (QED) is 0.778. The number of nitrogens with zero attached hydrogens (tertiary/aromatic N) is 1. The van der Waals surface area contributed by atoms with Gasteiger partial charge in [0.1, 0.15) is 0 Å². The van der Waals surface area contributed by atoms with Crippen molar-refractivity contribution in [1.29, 1.82) is 0 Å². The molecule has 0 aliphatic heterocycles. The van der Waals surface area contributed by atoms with Gasteiger partial charge in [0, 0.05) is 18.8 Å². The Hall–Kier alpha value is -0.870. The molecule has 0 fully saturated rings. The van der Waals surface area contributed by atoms with Gasteiger partial charge in [-0.1, -0.05) is 13.8 Å². The van der Waals surface area contributed by atoms with Gasteiger partial charge in [-0.15, -0.1) is 0 Å². The summed E-state index contributed by atoms with van der Waals surface area (Å²) < 4.78 is 19.7. The number of rotatable bonds is 6. The highest BCUT2D eigenvalue weighted by molar-refractivity contribution is 7.79. The lowest BCUT2D eigenvalue weighted by molar-refractivity contribution is 0.564. The summed E-state index contributed by atoms with van der Waals surface area (Å²) >= 11 is -1.88. The molecule has 0 radical (unpaired) electrons. The van der Waals surface area contributed by atoms with Crippen LogP contribution in [0, 0.1) is 0 Å². The third kappa shape index (κ3) is 3.61. The molecule has 0 saturated carbocycles. The third-order valence-electron chi connectivity index (χ3n) is 2.39. The van der Waals surface area contributed by atoms with E-state index < -0.39 is 11.1 Å². The standard InChI is InChI=1S/C12H19NO2S/c1-3-9-13(10-4-2)11-5-7-12(8-6-11)16(14)15/h5-8H,3-4,9-10H2,1-2H3,(H,14,15). The largest absolute Gasteiger partial charge is 0.372 e. The summed E-state index contributed by atoms with van der Waals surface area (Å²) in [4.78, 5) is 2.75. The molecule has 4 heteroatoms. The predicted molar refractivity (Wildman–Crippen MR) is 68.3 cm³/mol. The second-order valence-electron chi connectivity index (χ2n) is 3.73. The lowest BCUT2D eigenvalue weighted by Crippen LogP contribution is -2.24. The van der Waals surface area contributed by atoms with E-state index in [4.69, 9.17) is 4.55 Å². The van der Waals surface area contributed by atoms with Crippen LogP contribution in [-0.4, -0.2) is 21.9 Å². The summed E-state index contributed by atoms with van der Waals surface area (Å²) in [6, 6.07) is 7.25. The summed E-state index contributed by atoms with van der Waals surface area (Å²) in [6.45, 7) is 6.35. The molecule has 0 saturated heterocycles. The van der Waals surface area contributed by atoms with Crippen LogP contribution in [0.5, 0.6) is 0 Å². The van der Waals surface area contributed by atoms with Crippen LogP contribution < -0.4 is 4.90 Å². The van der Waals surface area contributed by atoms with Crippen LogP contribution in [0.15, 0.2) is 29.2 Å². The molecule has 3 nitrogen and oxygen atoms in total. The Morgan fingerprint density at radius 2 is 1.62 bits per heavy atom. The fourth-order valence-electron chi connectivity index (χ4n) is 1.68. The lowest BCUT2D eigenvalue weighted by atomic mass is 10.2. The van der Waals surface area contributed by atoms with Crippen molar-refractivity contribution in [3.05, 3.63) is 24.3 Å². The summed E-state index contributed by atoms with van der Waals surface area (Å²) in [7, 11) is 0. The van der Waals surface area contributed by atoms with Crippen molar-refractivity contribution < 1.29 is 8.76 Å². The van der Waals surface area contributed by atoms with Crippen molar-refractivity contribution in [3.63, 3.8) is 0 Å². The van der Waals surface area contributed by atoms with E-state index in [1.165, 1.54) is 0 Å². The summed E-state index contributed by atoms with van der Waals surface area (Å²) in [6.07, 6.45) is 2.21. The molecular weight excluding hydrogens is 222 g/mol. The minimum atomic E-state index is -1.88. The van der Waals surface area contributed by atoms with E-state index in [0.717, 1.165) is 31.6 Å². The SMILES string of the molecule is CCCN(CCC)c1ccc(S(=O)O)cc1. The third-order valence-corrected chi connectivity index (χ3v) is 3.07. The Bertz CT molecular complexity index is 331. The van der Waals surface area contributed by atoms with Gasteiger partial charge in [0.05, 0.1) is 4.90 Å². The van der Waals surface area contributed by atoms with E-state index in [1.54, 1.807) is 12.1 Å². The van der Waals surface area contributed by atoms with E-state index in [1.807, 2.05) is 12.1 Å². The molecule has 0 bridgehead atoms. The van der Waals surface area contributed by atoms with E-state index >= 15 is 0 Å². The Balaban J connectivity index is 2.80. The molecule has 1 aromatic rings. The van der Waals surface area contributed by atoms with Crippen LogP contribution in [0.1, 0.15) is 26.7 Å². The molecule has 1 unspecified atom stereocenters. The first-order valence-corrected chi connectivity index (χ1v) is 6.75. The van der Waals surface area contributed by atoms with Gasteiger partial charge >= 0.3 is 0 Å². The second-order valence-corrected chi connectivity index (χ2v) is 4.70. The summed E-state index contributed by atoms with van der Waals surface area (Å²) in [5, 5.41) is 0. The van der Waals surface area contributed by atoms with Crippen molar-refractivity contribution in [2.75, 3.05) is 18.0 Å². The molecule has 0 aromatic heterocycles. The monoisotopic (exact) mass is 241 g/mol. The maximum atomic E-state index is 10.8. The highest BCUT2D eigenvalue weighted by Gasteiger charge is 2.05.